The molecule has 0 aliphatic rings. The summed E-state index contributed by atoms with van der Waals surface area (Å²) in [6.45, 7) is 0. The van der Waals surface area contributed by atoms with E-state index < -0.39 is 0 Å². The van der Waals surface area contributed by atoms with Crippen molar-refractivity contribution in [1.29, 1.82) is 0 Å². The first-order valence-corrected chi connectivity index (χ1v) is 13.6. The summed E-state index contributed by atoms with van der Waals surface area (Å²) in [6, 6.07) is 47.5. The van der Waals surface area contributed by atoms with Crippen LogP contribution in [0.1, 0.15) is 0 Å². The molecule has 0 saturated heterocycles. The lowest BCUT2D eigenvalue weighted by Gasteiger charge is -2.09. The molecule has 2 aromatic heterocycles. The van der Waals surface area contributed by atoms with Crippen LogP contribution < -0.4 is 0 Å². The van der Waals surface area contributed by atoms with Crippen LogP contribution in [0.25, 0.3) is 78.0 Å². The van der Waals surface area contributed by atoms with Crippen molar-refractivity contribution in [2.24, 2.45) is 0 Å². The predicted molar refractivity (Wildman–Crippen MR) is 166 cm³/mol. The first-order valence-electron chi connectivity index (χ1n) is 13.6. The molecule has 2 heterocycles. The summed E-state index contributed by atoms with van der Waals surface area (Å²) in [5, 5.41) is 4.57. The Labute approximate surface area is 236 Å². The van der Waals surface area contributed by atoms with Gasteiger partial charge in [0, 0.05) is 32.8 Å². The Balaban J connectivity index is 1.19. The zero-order chi connectivity index (χ0) is 27.2. The molecule has 0 atom stereocenters. The fraction of sp³-hybridized carbons (Fsp3) is 0. The minimum atomic E-state index is 0.642. The number of hydrogen-bond acceptors (Lipinski definition) is 4. The highest BCUT2D eigenvalue weighted by atomic mass is 16.3. The molecule has 192 valence electrons. The SMILES string of the molecule is c1ccc(-c2nc(-c3ccccc3)nc(-c3ccc(-c4ccc5c(c4)oc4c6ccccc6ccc54)cc3)n2)cc1. The Hall–Kier alpha value is -5.61. The Kier molecular flexibility index (Phi) is 5.42. The highest BCUT2D eigenvalue weighted by Crippen LogP contribution is 2.36. The van der Waals surface area contributed by atoms with E-state index >= 15 is 0 Å². The third kappa shape index (κ3) is 4.14. The molecule has 4 heteroatoms. The van der Waals surface area contributed by atoms with E-state index in [2.05, 4.69) is 78.9 Å². The second-order valence-electron chi connectivity index (χ2n) is 10.1. The lowest BCUT2D eigenvalue weighted by Crippen LogP contribution is -2.00. The number of furan rings is 1. The van der Waals surface area contributed by atoms with Crippen molar-refractivity contribution in [2.75, 3.05) is 0 Å². The maximum absolute atomic E-state index is 6.40. The zero-order valence-corrected chi connectivity index (χ0v) is 22.0. The second-order valence-corrected chi connectivity index (χ2v) is 10.1. The van der Waals surface area contributed by atoms with Gasteiger partial charge in [0.2, 0.25) is 0 Å². The fourth-order valence-corrected chi connectivity index (χ4v) is 5.43. The molecule has 41 heavy (non-hydrogen) atoms. The van der Waals surface area contributed by atoms with Crippen LogP contribution in [0.15, 0.2) is 144 Å². The minimum absolute atomic E-state index is 0.642. The summed E-state index contributed by atoms with van der Waals surface area (Å²) < 4.78 is 6.40. The summed E-state index contributed by atoms with van der Waals surface area (Å²) in [6.07, 6.45) is 0. The third-order valence-corrected chi connectivity index (χ3v) is 7.54. The van der Waals surface area contributed by atoms with Crippen molar-refractivity contribution in [3.8, 4) is 45.3 Å². The van der Waals surface area contributed by atoms with E-state index in [9.17, 15) is 0 Å². The van der Waals surface area contributed by atoms with Gasteiger partial charge in [0.15, 0.2) is 17.5 Å². The fourth-order valence-electron chi connectivity index (χ4n) is 5.43. The summed E-state index contributed by atoms with van der Waals surface area (Å²) in [5.74, 6) is 1.95. The second kappa shape index (κ2) is 9.54. The average molecular weight is 526 g/mol. The molecule has 0 fully saturated rings. The van der Waals surface area contributed by atoms with Crippen LogP contribution in [-0.2, 0) is 0 Å². The lowest BCUT2D eigenvalue weighted by atomic mass is 10.0. The Morgan fingerprint density at radius 1 is 0.366 bits per heavy atom. The summed E-state index contributed by atoms with van der Waals surface area (Å²) in [7, 11) is 0. The molecule has 0 saturated carbocycles. The van der Waals surface area contributed by atoms with Crippen LogP contribution in [0.4, 0.5) is 0 Å². The highest BCUT2D eigenvalue weighted by molar-refractivity contribution is 6.15. The number of aromatic nitrogens is 3. The number of benzene rings is 6. The summed E-state index contributed by atoms with van der Waals surface area (Å²) in [5.41, 5.74) is 6.86. The minimum Gasteiger partial charge on any atom is -0.455 e. The lowest BCUT2D eigenvalue weighted by molar-refractivity contribution is 0.673. The van der Waals surface area contributed by atoms with E-state index in [1.165, 1.54) is 5.39 Å². The maximum atomic E-state index is 6.40. The smallest absolute Gasteiger partial charge is 0.164 e. The van der Waals surface area contributed by atoms with E-state index in [-0.39, 0.29) is 0 Å². The summed E-state index contributed by atoms with van der Waals surface area (Å²) >= 11 is 0. The first kappa shape index (κ1) is 23.3. The molecule has 0 unspecified atom stereocenters. The first-order chi connectivity index (χ1) is 20.3. The van der Waals surface area contributed by atoms with Crippen molar-refractivity contribution in [1.82, 2.24) is 15.0 Å². The topological polar surface area (TPSA) is 51.8 Å². The van der Waals surface area contributed by atoms with Crippen LogP contribution in [0.3, 0.4) is 0 Å². The molecule has 0 bridgehead atoms. The largest absolute Gasteiger partial charge is 0.455 e. The van der Waals surface area contributed by atoms with E-state index in [0.29, 0.717) is 17.5 Å². The van der Waals surface area contributed by atoms with Gasteiger partial charge >= 0.3 is 0 Å². The highest BCUT2D eigenvalue weighted by Gasteiger charge is 2.14. The normalized spacial score (nSPS) is 11.4. The number of fused-ring (bicyclic) bond motifs is 5. The molecule has 0 spiro atoms. The van der Waals surface area contributed by atoms with Crippen molar-refractivity contribution in [2.45, 2.75) is 0 Å². The van der Waals surface area contributed by atoms with Crippen LogP contribution in [0.2, 0.25) is 0 Å². The van der Waals surface area contributed by atoms with Crippen LogP contribution >= 0.6 is 0 Å². The monoisotopic (exact) mass is 525 g/mol. The Bertz CT molecular complexity index is 2130. The molecule has 0 radical (unpaired) electrons. The molecule has 0 amide bonds. The van der Waals surface area contributed by atoms with E-state index in [1.807, 2.05) is 60.7 Å². The molecule has 0 aliphatic carbocycles. The molecule has 8 rings (SSSR count). The Morgan fingerprint density at radius 3 is 1.54 bits per heavy atom. The Morgan fingerprint density at radius 2 is 0.878 bits per heavy atom. The molecule has 0 aliphatic heterocycles. The van der Waals surface area contributed by atoms with Gasteiger partial charge < -0.3 is 4.42 Å². The van der Waals surface area contributed by atoms with E-state index in [0.717, 1.165) is 55.1 Å². The standard InChI is InChI=1S/C37H23N3O/c1-3-10-26(11-4-1)35-38-36(27-12-5-2-6-13-27)40-37(39-35)28-17-15-24(16-18-28)29-20-21-31-32-22-19-25-9-7-8-14-30(25)34(32)41-33(31)23-29/h1-23H. The van der Waals surface area contributed by atoms with Crippen LogP contribution in [0, 0.1) is 0 Å². The molecule has 4 nitrogen and oxygen atoms in total. The van der Waals surface area contributed by atoms with Crippen molar-refractivity contribution >= 4 is 32.7 Å². The zero-order valence-electron chi connectivity index (χ0n) is 22.0. The van der Waals surface area contributed by atoms with Gasteiger partial charge in [0.05, 0.1) is 0 Å². The van der Waals surface area contributed by atoms with E-state index in [1.54, 1.807) is 0 Å². The predicted octanol–water partition coefficient (Wildman–Crippen LogP) is 9.59. The molecule has 8 aromatic rings. The number of nitrogens with zero attached hydrogens (tertiary/aromatic N) is 3. The molecular weight excluding hydrogens is 502 g/mol. The molecule has 6 aromatic carbocycles. The number of hydrogen-bond donors (Lipinski definition) is 0. The van der Waals surface area contributed by atoms with E-state index in [4.69, 9.17) is 19.4 Å². The third-order valence-electron chi connectivity index (χ3n) is 7.54. The van der Waals surface area contributed by atoms with Crippen molar-refractivity contribution in [3.05, 3.63) is 140 Å². The van der Waals surface area contributed by atoms with Crippen LogP contribution in [0.5, 0.6) is 0 Å². The van der Waals surface area contributed by atoms with Gasteiger partial charge in [-0.3, -0.25) is 0 Å². The van der Waals surface area contributed by atoms with Gasteiger partial charge in [0.1, 0.15) is 11.2 Å². The molecular formula is C37H23N3O. The van der Waals surface area contributed by atoms with Gasteiger partial charge in [0.25, 0.3) is 0 Å². The van der Waals surface area contributed by atoms with Crippen molar-refractivity contribution in [3.63, 3.8) is 0 Å². The van der Waals surface area contributed by atoms with Gasteiger partial charge in [-0.15, -0.1) is 0 Å². The van der Waals surface area contributed by atoms with Gasteiger partial charge in [-0.2, -0.15) is 0 Å². The average Bonchev–Trinajstić information content (AvgIpc) is 3.44. The number of rotatable bonds is 4. The van der Waals surface area contributed by atoms with Gasteiger partial charge in [-0.1, -0.05) is 121 Å². The van der Waals surface area contributed by atoms with Gasteiger partial charge in [-0.25, -0.2) is 15.0 Å². The van der Waals surface area contributed by atoms with Crippen LogP contribution in [-0.4, -0.2) is 15.0 Å². The maximum Gasteiger partial charge on any atom is 0.164 e. The summed E-state index contributed by atoms with van der Waals surface area (Å²) in [4.78, 5) is 14.5. The van der Waals surface area contributed by atoms with Gasteiger partial charge in [-0.05, 0) is 34.7 Å². The molecule has 0 N–H and O–H groups in total. The van der Waals surface area contributed by atoms with Crippen molar-refractivity contribution < 1.29 is 4.42 Å². The quantitative estimate of drug-likeness (QED) is 0.230.